The molecule has 0 unspecified atom stereocenters. The van der Waals surface area contributed by atoms with Crippen LogP contribution in [0.25, 0.3) is 0 Å². The van der Waals surface area contributed by atoms with Crippen molar-refractivity contribution in [3.63, 3.8) is 0 Å². The summed E-state index contributed by atoms with van der Waals surface area (Å²) in [5.74, 6) is -0.0366. The van der Waals surface area contributed by atoms with E-state index in [4.69, 9.17) is 16.3 Å². The number of benzene rings is 2. The van der Waals surface area contributed by atoms with Crippen LogP contribution in [0.15, 0.2) is 41.3 Å². The fraction of sp³-hybridized carbons (Fsp3) is 0.458. The molecule has 1 heterocycles. The van der Waals surface area contributed by atoms with E-state index in [1.165, 1.54) is 33.3 Å². The van der Waals surface area contributed by atoms with Gasteiger partial charge >= 0.3 is 0 Å². The van der Waals surface area contributed by atoms with Crippen LogP contribution < -0.4 is 9.64 Å². The third-order valence-corrected chi connectivity index (χ3v) is 8.44. The first-order chi connectivity index (χ1) is 15.7. The zero-order valence-corrected chi connectivity index (χ0v) is 21.2. The van der Waals surface area contributed by atoms with Crippen molar-refractivity contribution in [2.45, 2.75) is 32.6 Å². The number of piperazine rings is 1. The number of hydrogen-bond donors (Lipinski definition) is 0. The Balaban J connectivity index is 1.66. The van der Waals surface area contributed by atoms with E-state index in [1.807, 2.05) is 0 Å². The zero-order valence-electron chi connectivity index (χ0n) is 19.7. The molecule has 0 atom stereocenters. The highest BCUT2D eigenvalue weighted by Crippen LogP contribution is 2.30. The van der Waals surface area contributed by atoms with Crippen LogP contribution in [0.2, 0.25) is 5.02 Å². The van der Waals surface area contributed by atoms with Crippen LogP contribution >= 0.6 is 11.6 Å². The number of amides is 1. The van der Waals surface area contributed by atoms with E-state index in [0.29, 0.717) is 31.2 Å². The summed E-state index contributed by atoms with van der Waals surface area (Å²) >= 11 is 6.07. The maximum Gasteiger partial charge on any atom is 0.260 e. The number of halogens is 1. The van der Waals surface area contributed by atoms with Crippen molar-refractivity contribution in [3.05, 3.63) is 52.5 Å². The molecule has 1 amide bonds. The number of aryl methyl sites for hydroxylation is 1. The molecule has 9 heteroatoms. The van der Waals surface area contributed by atoms with Gasteiger partial charge in [-0.3, -0.25) is 4.79 Å². The quantitative estimate of drug-likeness (QED) is 0.560. The summed E-state index contributed by atoms with van der Waals surface area (Å²) in [6.45, 7) is 10.8. The fourth-order valence-corrected chi connectivity index (χ4v) is 5.86. The Kier molecular flexibility index (Phi) is 8.26. The summed E-state index contributed by atoms with van der Waals surface area (Å²) in [5, 5.41) is 0.293. The van der Waals surface area contributed by atoms with E-state index in [0.717, 1.165) is 13.1 Å². The Hall–Kier alpha value is -2.29. The van der Waals surface area contributed by atoms with Crippen LogP contribution in [0, 0.1) is 13.8 Å². The molecule has 2 aromatic carbocycles. The van der Waals surface area contributed by atoms with Crippen molar-refractivity contribution in [1.29, 1.82) is 0 Å². The van der Waals surface area contributed by atoms with Gasteiger partial charge < -0.3 is 14.5 Å². The van der Waals surface area contributed by atoms with Gasteiger partial charge in [0.05, 0.1) is 0 Å². The van der Waals surface area contributed by atoms with Crippen LogP contribution in [0.3, 0.4) is 0 Å². The van der Waals surface area contributed by atoms with Crippen LogP contribution in [0.1, 0.15) is 25.0 Å². The van der Waals surface area contributed by atoms with E-state index in [2.05, 4.69) is 36.9 Å². The van der Waals surface area contributed by atoms with Crippen molar-refractivity contribution < 1.29 is 17.9 Å². The van der Waals surface area contributed by atoms with E-state index in [9.17, 15) is 13.2 Å². The van der Waals surface area contributed by atoms with Gasteiger partial charge in [-0.15, -0.1) is 0 Å². The van der Waals surface area contributed by atoms with Gasteiger partial charge in [0.2, 0.25) is 10.0 Å². The highest BCUT2D eigenvalue weighted by Gasteiger charge is 2.27. The number of sulfonamides is 1. The number of carbonyl (C=O) groups is 1. The van der Waals surface area contributed by atoms with Crippen molar-refractivity contribution in [1.82, 2.24) is 9.21 Å². The standard InChI is InChI=1S/C24H32ClN3O4S/c1-5-28(6-2)33(30,31)23-16-20(25)10-11-22(23)32-17-24(29)27-14-12-26(13-15-27)21-9-7-8-18(3)19(21)4/h7-11,16H,5-6,12-15,17H2,1-4H3. The van der Waals surface area contributed by atoms with Gasteiger partial charge in [-0.25, -0.2) is 8.42 Å². The van der Waals surface area contributed by atoms with Gasteiger partial charge in [0.1, 0.15) is 10.6 Å². The van der Waals surface area contributed by atoms with E-state index >= 15 is 0 Å². The molecule has 2 aromatic rings. The molecule has 0 aliphatic carbocycles. The number of hydrogen-bond acceptors (Lipinski definition) is 5. The minimum absolute atomic E-state index is 0.0220. The summed E-state index contributed by atoms with van der Waals surface area (Å²) in [5.41, 5.74) is 3.70. The lowest BCUT2D eigenvalue weighted by Gasteiger charge is -2.37. The fourth-order valence-electron chi connectivity index (χ4n) is 4.01. The molecule has 1 fully saturated rings. The third-order valence-electron chi connectivity index (χ3n) is 6.13. The maximum absolute atomic E-state index is 13.0. The summed E-state index contributed by atoms with van der Waals surface area (Å²) in [7, 11) is -3.78. The van der Waals surface area contributed by atoms with Gasteiger partial charge in [0.15, 0.2) is 6.61 Å². The molecular formula is C24H32ClN3O4S. The Morgan fingerprint density at radius 3 is 2.36 bits per heavy atom. The van der Waals surface area contributed by atoms with E-state index in [-0.39, 0.29) is 23.2 Å². The number of carbonyl (C=O) groups excluding carboxylic acids is 1. The van der Waals surface area contributed by atoms with Gasteiger partial charge in [-0.1, -0.05) is 37.6 Å². The van der Waals surface area contributed by atoms with E-state index < -0.39 is 10.0 Å². The second-order valence-corrected chi connectivity index (χ2v) is 10.4. The third kappa shape index (κ3) is 5.62. The molecule has 3 rings (SSSR count). The van der Waals surface area contributed by atoms with Crippen molar-refractivity contribution >= 4 is 33.2 Å². The van der Waals surface area contributed by atoms with Crippen LogP contribution in [-0.2, 0) is 14.8 Å². The summed E-state index contributed by atoms with van der Waals surface area (Å²) in [6, 6.07) is 10.7. The first-order valence-electron chi connectivity index (χ1n) is 11.2. The zero-order chi connectivity index (χ0) is 24.2. The molecule has 0 spiro atoms. The lowest BCUT2D eigenvalue weighted by atomic mass is 10.1. The Morgan fingerprint density at radius 1 is 1.06 bits per heavy atom. The van der Waals surface area contributed by atoms with Gasteiger partial charge in [-0.05, 0) is 49.2 Å². The molecule has 7 nitrogen and oxygen atoms in total. The highest BCUT2D eigenvalue weighted by atomic mass is 35.5. The monoisotopic (exact) mass is 493 g/mol. The number of rotatable bonds is 8. The first kappa shape index (κ1) is 25.3. The highest BCUT2D eigenvalue weighted by molar-refractivity contribution is 7.89. The Labute approximate surface area is 201 Å². The predicted octanol–water partition coefficient (Wildman–Crippen LogP) is 3.71. The average molecular weight is 494 g/mol. The largest absolute Gasteiger partial charge is 0.482 e. The van der Waals surface area contributed by atoms with Gasteiger partial charge in [-0.2, -0.15) is 4.31 Å². The predicted molar refractivity (Wildman–Crippen MR) is 132 cm³/mol. The van der Waals surface area contributed by atoms with Crippen molar-refractivity contribution in [3.8, 4) is 5.75 Å². The minimum Gasteiger partial charge on any atom is -0.482 e. The average Bonchev–Trinajstić information content (AvgIpc) is 2.80. The molecule has 1 aliphatic rings. The van der Waals surface area contributed by atoms with Crippen molar-refractivity contribution in [2.24, 2.45) is 0 Å². The van der Waals surface area contributed by atoms with Crippen LogP contribution in [0.4, 0.5) is 5.69 Å². The SMILES string of the molecule is CCN(CC)S(=O)(=O)c1cc(Cl)ccc1OCC(=O)N1CCN(c2cccc(C)c2C)CC1. The number of nitrogens with zero attached hydrogens (tertiary/aromatic N) is 3. The Morgan fingerprint density at radius 2 is 1.73 bits per heavy atom. The topological polar surface area (TPSA) is 70.2 Å². The Bertz CT molecular complexity index is 1090. The molecule has 0 aromatic heterocycles. The number of ether oxygens (including phenoxy) is 1. The van der Waals surface area contributed by atoms with Crippen LogP contribution in [-0.4, -0.2) is 69.4 Å². The molecule has 0 saturated carbocycles. The summed E-state index contributed by atoms with van der Waals surface area (Å²) in [6.07, 6.45) is 0. The second-order valence-electron chi connectivity index (χ2n) is 8.06. The van der Waals surface area contributed by atoms with Gasteiger partial charge in [0, 0.05) is 50.0 Å². The summed E-state index contributed by atoms with van der Waals surface area (Å²) in [4.78, 5) is 16.8. The lowest BCUT2D eigenvalue weighted by Crippen LogP contribution is -2.50. The molecule has 180 valence electrons. The molecule has 1 saturated heterocycles. The van der Waals surface area contributed by atoms with E-state index in [1.54, 1.807) is 24.8 Å². The molecule has 33 heavy (non-hydrogen) atoms. The normalized spacial score (nSPS) is 14.6. The smallest absolute Gasteiger partial charge is 0.260 e. The molecule has 0 N–H and O–H groups in total. The van der Waals surface area contributed by atoms with Crippen LogP contribution in [0.5, 0.6) is 5.75 Å². The van der Waals surface area contributed by atoms with Crippen molar-refractivity contribution in [2.75, 3.05) is 50.8 Å². The minimum atomic E-state index is -3.78. The maximum atomic E-state index is 13.0. The van der Waals surface area contributed by atoms with Gasteiger partial charge in [0.25, 0.3) is 5.91 Å². The number of anilines is 1. The molecular weight excluding hydrogens is 462 g/mol. The second kappa shape index (κ2) is 10.8. The molecule has 1 aliphatic heterocycles. The first-order valence-corrected chi connectivity index (χ1v) is 13.0. The lowest BCUT2D eigenvalue weighted by molar-refractivity contribution is -0.133. The summed E-state index contributed by atoms with van der Waals surface area (Å²) < 4.78 is 33.1. The molecule has 0 bridgehead atoms. The molecule has 0 radical (unpaired) electrons.